The van der Waals surface area contributed by atoms with Crippen molar-refractivity contribution in [2.24, 2.45) is 22.4 Å². The molecule has 3 amide bonds. The van der Waals surface area contributed by atoms with Crippen LogP contribution in [0.1, 0.15) is 43.7 Å². The van der Waals surface area contributed by atoms with Crippen molar-refractivity contribution in [3.8, 4) is 11.5 Å². The number of hydrogen-bond donors (Lipinski definition) is 7. The van der Waals surface area contributed by atoms with Crippen LogP contribution in [0.2, 0.25) is 0 Å². The van der Waals surface area contributed by atoms with Crippen molar-refractivity contribution in [3.63, 3.8) is 0 Å². The number of phenols is 2. The molecule has 0 aliphatic carbocycles. The summed E-state index contributed by atoms with van der Waals surface area (Å²) >= 11 is 0. The lowest BCUT2D eigenvalue weighted by atomic mass is 10.0. The Morgan fingerprint density at radius 1 is 1.00 bits per heavy atom. The Morgan fingerprint density at radius 2 is 1.62 bits per heavy atom. The Balaban J connectivity index is 1.68. The number of carbonyl (C=O) groups is 3. The summed E-state index contributed by atoms with van der Waals surface area (Å²) in [6.45, 7) is 3.21. The summed E-state index contributed by atoms with van der Waals surface area (Å²) in [6, 6.07) is 11.0. The number of aryl methyl sites for hydroxylation is 1. The van der Waals surface area contributed by atoms with Gasteiger partial charge in [0.15, 0.2) is 5.96 Å². The number of unbranched alkanes of at least 4 members (excludes halogenated alkanes) is 1. The lowest BCUT2D eigenvalue weighted by Gasteiger charge is -2.29. The first kappa shape index (κ1) is 32.2. The molecule has 1 fully saturated rings. The monoisotopic (exact) mass is 582 g/mol. The van der Waals surface area contributed by atoms with Gasteiger partial charge in [0.1, 0.15) is 29.7 Å². The second-order valence-electron chi connectivity index (χ2n) is 10.8. The number of carbonyl (C=O) groups excluding carboxylic acids is 3. The number of hydrogen-bond acceptors (Lipinski definition) is 7. The molecule has 42 heavy (non-hydrogen) atoms. The van der Waals surface area contributed by atoms with Gasteiger partial charge in [-0.05, 0) is 73.4 Å². The molecule has 1 aliphatic heterocycles. The number of guanidine groups is 1. The molecule has 12 heteroatoms. The van der Waals surface area contributed by atoms with Crippen LogP contribution in [0.3, 0.4) is 0 Å². The number of phenolic OH excluding ortho intramolecular Hbond substituents is 2. The molecule has 0 bridgehead atoms. The number of nitrogens with zero attached hydrogens (tertiary/aromatic N) is 2. The highest BCUT2D eigenvalue weighted by Crippen LogP contribution is 2.25. The van der Waals surface area contributed by atoms with Crippen LogP contribution in [0.4, 0.5) is 0 Å². The van der Waals surface area contributed by atoms with E-state index in [4.69, 9.17) is 11.5 Å². The fourth-order valence-electron chi connectivity index (χ4n) is 4.96. The number of benzene rings is 2. The normalized spacial score (nSPS) is 17.7. The summed E-state index contributed by atoms with van der Waals surface area (Å²) < 4.78 is 0. The van der Waals surface area contributed by atoms with Crippen LogP contribution in [0.15, 0.2) is 53.5 Å². The molecule has 2 aromatic carbocycles. The van der Waals surface area contributed by atoms with E-state index < -0.39 is 30.0 Å². The van der Waals surface area contributed by atoms with Gasteiger partial charge in [0, 0.05) is 26.1 Å². The number of aromatic hydroxyl groups is 2. The van der Waals surface area contributed by atoms with E-state index >= 15 is 0 Å². The molecule has 4 atom stereocenters. The summed E-state index contributed by atoms with van der Waals surface area (Å²) in [5.74, 6) is -1.06. The van der Waals surface area contributed by atoms with Crippen molar-refractivity contribution in [2.45, 2.75) is 63.6 Å². The number of likely N-dealkylation sites (tertiary alicyclic amines) is 1. The summed E-state index contributed by atoms with van der Waals surface area (Å²) in [5, 5.41) is 35.3. The summed E-state index contributed by atoms with van der Waals surface area (Å²) in [4.78, 5) is 45.4. The van der Waals surface area contributed by atoms with E-state index in [2.05, 4.69) is 15.6 Å². The number of nitrogens with two attached hydrogens (primary N) is 2. The SMILES string of the molecule is C[C@H]1C[C@H](C(=O)NCCCCN=C(N)N)N(C(=O)[C@H](CCc2ccc(O)cc2)NC(=O)[C@H](O)Cc2ccc(O)cc2)C1. The topological polar surface area (TPSA) is 204 Å². The zero-order valence-electron chi connectivity index (χ0n) is 23.9. The van der Waals surface area contributed by atoms with Crippen molar-refractivity contribution in [1.29, 1.82) is 0 Å². The zero-order chi connectivity index (χ0) is 30.6. The maximum absolute atomic E-state index is 13.9. The molecule has 0 radical (unpaired) electrons. The average molecular weight is 583 g/mol. The summed E-state index contributed by atoms with van der Waals surface area (Å²) in [7, 11) is 0. The minimum atomic E-state index is -1.42. The van der Waals surface area contributed by atoms with Gasteiger partial charge in [-0.25, -0.2) is 0 Å². The van der Waals surface area contributed by atoms with Crippen LogP contribution in [0.5, 0.6) is 11.5 Å². The Kier molecular flexibility index (Phi) is 12.0. The number of amides is 3. The third-order valence-corrected chi connectivity index (χ3v) is 7.22. The highest BCUT2D eigenvalue weighted by Gasteiger charge is 2.40. The molecule has 0 aromatic heterocycles. The minimum absolute atomic E-state index is 0.0000501. The molecule has 0 saturated carbocycles. The fourth-order valence-corrected chi connectivity index (χ4v) is 4.96. The van der Waals surface area contributed by atoms with Crippen molar-refractivity contribution in [3.05, 3.63) is 59.7 Å². The number of nitrogens with one attached hydrogen (secondary N) is 2. The molecule has 12 nitrogen and oxygen atoms in total. The standard InChI is InChI=1S/C30H42N6O6/c1-19-16-25(27(40)33-14-2-3-15-34-30(31)32)36(18-19)29(42)24(13-8-20-4-9-22(37)10-5-20)35-28(41)26(39)17-21-6-11-23(38)12-7-21/h4-7,9-12,19,24-26,37-39H,2-3,8,13-18H2,1H3,(H,33,40)(H,35,41)(H4,31,32,34)/t19-,24-,25+,26+/m0/s1. The predicted octanol–water partition coefficient (Wildman–Crippen LogP) is 0.526. The quantitative estimate of drug-likeness (QED) is 0.0948. The van der Waals surface area contributed by atoms with E-state index in [1.807, 2.05) is 6.92 Å². The van der Waals surface area contributed by atoms with E-state index in [1.165, 1.54) is 17.0 Å². The number of aliphatic hydroxyl groups is 1. The van der Waals surface area contributed by atoms with Crippen molar-refractivity contribution in [1.82, 2.24) is 15.5 Å². The van der Waals surface area contributed by atoms with Gasteiger partial charge in [-0.3, -0.25) is 19.4 Å². The van der Waals surface area contributed by atoms with Crippen LogP contribution in [-0.2, 0) is 27.2 Å². The molecule has 228 valence electrons. The van der Waals surface area contributed by atoms with E-state index in [9.17, 15) is 29.7 Å². The Bertz CT molecular complexity index is 1220. The lowest BCUT2D eigenvalue weighted by Crippen LogP contribution is -2.55. The highest BCUT2D eigenvalue weighted by atomic mass is 16.3. The second kappa shape index (κ2) is 15.6. The van der Waals surface area contributed by atoms with Gasteiger partial charge in [-0.1, -0.05) is 31.2 Å². The molecular formula is C30H42N6O6. The van der Waals surface area contributed by atoms with Crippen LogP contribution in [0, 0.1) is 5.92 Å². The van der Waals surface area contributed by atoms with Gasteiger partial charge in [-0.15, -0.1) is 0 Å². The maximum Gasteiger partial charge on any atom is 0.249 e. The van der Waals surface area contributed by atoms with Gasteiger partial charge < -0.3 is 42.3 Å². The fraction of sp³-hybridized carbons (Fsp3) is 0.467. The largest absolute Gasteiger partial charge is 0.508 e. The van der Waals surface area contributed by atoms with Gasteiger partial charge in [0.05, 0.1) is 0 Å². The average Bonchev–Trinajstić information content (AvgIpc) is 3.35. The molecule has 1 saturated heterocycles. The van der Waals surface area contributed by atoms with Crippen LogP contribution >= 0.6 is 0 Å². The molecular weight excluding hydrogens is 540 g/mol. The third-order valence-electron chi connectivity index (χ3n) is 7.22. The second-order valence-corrected chi connectivity index (χ2v) is 10.8. The van der Waals surface area contributed by atoms with Crippen molar-refractivity contribution >= 4 is 23.7 Å². The van der Waals surface area contributed by atoms with E-state index in [-0.39, 0.29) is 42.1 Å². The Labute approximate surface area is 245 Å². The van der Waals surface area contributed by atoms with Crippen LogP contribution < -0.4 is 22.1 Å². The molecule has 3 rings (SSSR count). The van der Waals surface area contributed by atoms with Gasteiger partial charge in [0.25, 0.3) is 0 Å². The number of aliphatic imine (C=N–C) groups is 1. The van der Waals surface area contributed by atoms with Gasteiger partial charge in [-0.2, -0.15) is 0 Å². The predicted molar refractivity (Wildman–Crippen MR) is 158 cm³/mol. The molecule has 1 aliphatic rings. The summed E-state index contributed by atoms with van der Waals surface area (Å²) in [6.07, 6.45) is 1.08. The molecule has 1 heterocycles. The van der Waals surface area contributed by atoms with Crippen LogP contribution in [-0.4, -0.2) is 81.7 Å². The van der Waals surface area contributed by atoms with E-state index in [1.54, 1.807) is 36.4 Å². The maximum atomic E-state index is 13.9. The first-order chi connectivity index (χ1) is 20.0. The van der Waals surface area contributed by atoms with E-state index in [0.717, 1.165) is 5.56 Å². The molecule has 0 spiro atoms. The first-order valence-corrected chi connectivity index (χ1v) is 14.2. The zero-order valence-corrected chi connectivity index (χ0v) is 23.9. The molecule has 9 N–H and O–H groups in total. The lowest BCUT2D eigenvalue weighted by molar-refractivity contribution is -0.142. The van der Waals surface area contributed by atoms with Gasteiger partial charge >= 0.3 is 0 Å². The van der Waals surface area contributed by atoms with Crippen molar-refractivity contribution in [2.75, 3.05) is 19.6 Å². The minimum Gasteiger partial charge on any atom is -0.508 e. The van der Waals surface area contributed by atoms with Crippen LogP contribution in [0.25, 0.3) is 0 Å². The number of rotatable bonds is 14. The Morgan fingerprint density at radius 3 is 2.24 bits per heavy atom. The van der Waals surface area contributed by atoms with E-state index in [0.29, 0.717) is 50.9 Å². The van der Waals surface area contributed by atoms with Gasteiger partial charge in [0.2, 0.25) is 17.7 Å². The smallest absolute Gasteiger partial charge is 0.249 e. The number of aliphatic hydroxyl groups excluding tert-OH is 1. The van der Waals surface area contributed by atoms with Crippen molar-refractivity contribution < 1.29 is 29.7 Å². The Hall–Kier alpha value is -4.32. The first-order valence-electron chi connectivity index (χ1n) is 14.2. The highest BCUT2D eigenvalue weighted by molar-refractivity contribution is 5.93. The summed E-state index contributed by atoms with van der Waals surface area (Å²) in [5.41, 5.74) is 12.2. The third kappa shape index (κ3) is 9.95. The molecule has 0 unspecified atom stereocenters. The molecule has 2 aromatic rings.